The van der Waals surface area contributed by atoms with Gasteiger partial charge in [0.15, 0.2) is 11.6 Å². The van der Waals surface area contributed by atoms with Crippen molar-refractivity contribution in [2.75, 3.05) is 0 Å². The molecule has 0 bridgehead atoms. The molecule has 1 aromatic heterocycles. The predicted octanol–water partition coefficient (Wildman–Crippen LogP) is 2.57. The molecule has 98 valence electrons. The number of hydrogen-bond donors (Lipinski definition) is 1. The first-order chi connectivity index (χ1) is 9.06. The van der Waals surface area contributed by atoms with Gasteiger partial charge in [-0.3, -0.25) is 4.98 Å². The molecule has 0 radical (unpaired) electrons. The summed E-state index contributed by atoms with van der Waals surface area (Å²) in [6.07, 6.45) is 2.53. The molecule has 0 saturated heterocycles. The summed E-state index contributed by atoms with van der Waals surface area (Å²) in [5, 5.41) is 0. The molecule has 1 heterocycles. The molecule has 2 N–H and O–H groups in total. The van der Waals surface area contributed by atoms with Crippen LogP contribution in [0.15, 0.2) is 36.7 Å². The average Bonchev–Trinajstić information content (AvgIpc) is 2.37. The molecular weight excluding hydrogens is 270 g/mol. The molecule has 0 unspecified atom stereocenters. The first-order valence-corrected chi connectivity index (χ1v) is 5.78. The molecule has 0 aliphatic carbocycles. The van der Waals surface area contributed by atoms with Crippen LogP contribution in [0.5, 0.6) is 5.75 Å². The van der Waals surface area contributed by atoms with Gasteiger partial charge in [-0.15, -0.1) is 0 Å². The van der Waals surface area contributed by atoms with Gasteiger partial charge in [-0.2, -0.15) is 0 Å². The highest BCUT2D eigenvalue weighted by Crippen LogP contribution is 2.19. The molecule has 0 spiro atoms. The van der Waals surface area contributed by atoms with Gasteiger partial charge >= 0.3 is 0 Å². The van der Waals surface area contributed by atoms with E-state index in [0.717, 1.165) is 6.20 Å². The third-order valence-corrected chi connectivity index (χ3v) is 2.61. The predicted molar refractivity (Wildman–Crippen MR) is 70.8 cm³/mol. The Morgan fingerprint density at radius 1 is 1.26 bits per heavy atom. The van der Waals surface area contributed by atoms with Crippen molar-refractivity contribution in [3.05, 3.63) is 59.4 Å². The van der Waals surface area contributed by atoms with Crippen LogP contribution in [-0.2, 0) is 6.61 Å². The number of rotatable bonds is 4. The van der Waals surface area contributed by atoms with Crippen molar-refractivity contribution in [3.8, 4) is 5.75 Å². The van der Waals surface area contributed by atoms with Gasteiger partial charge in [-0.25, -0.2) is 8.78 Å². The molecule has 0 saturated carbocycles. The number of ether oxygens (including phenoxy) is 1. The Bertz CT molecular complexity index is 619. The van der Waals surface area contributed by atoms with E-state index >= 15 is 0 Å². The third kappa shape index (κ3) is 3.45. The largest absolute Gasteiger partial charge is 0.486 e. The molecule has 0 aliphatic rings. The Hall–Kier alpha value is -2.08. The number of halogens is 2. The second-order valence-electron chi connectivity index (χ2n) is 3.81. The van der Waals surface area contributed by atoms with E-state index < -0.39 is 11.6 Å². The smallest absolute Gasteiger partial charge is 0.165 e. The molecule has 0 aliphatic heterocycles. The van der Waals surface area contributed by atoms with Crippen LogP contribution in [-0.4, -0.2) is 9.97 Å². The molecule has 19 heavy (non-hydrogen) atoms. The fraction of sp³-hybridized carbons (Fsp3) is 0.0769. The van der Waals surface area contributed by atoms with Crippen LogP contribution in [0.3, 0.4) is 0 Å². The van der Waals surface area contributed by atoms with Gasteiger partial charge in [-0.1, -0.05) is 12.2 Å². The average molecular weight is 280 g/mol. The normalized spacial score (nSPS) is 10.2. The number of pyridine rings is 1. The van der Waals surface area contributed by atoms with E-state index in [1.165, 1.54) is 24.4 Å². The van der Waals surface area contributed by atoms with E-state index in [1.54, 1.807) is 6.07 Å². The Balaban J connectivity index is 2.10. The lowest BCUT2D eigenvalue weighted by atomic mass is 10.2. The SMILES string of the molecule is NC(=S)c1ccc(OCc2cncc(F)c2)c(F)c1. The van der Waals surface area contributed by atoms with Crippen molar-refractivity contribution >= 4 is 17.2 Å². The minimum atomic E-state index is -0.574. The molecule has 0 atom stereocenters. The quantitative estimate of drug-likeness (QED) is 0.874. The second kappa shape index (κ2) is 5.71. The van der Waals surface area contributed by atoms with E-state index in [1.807, 2.05) is 0 Å². The minimum Gasteiger partial charge on any atom is -0.486 e. The van der Waals surface area contributed by atoms with Crippen molar-refractivity contribution in [3.63, 3.8) is 0 Å². The monoisotopic (exact) mass is 280 g/mol. The molecule has 3 nitrogen and oxygen atoms in total. The molecule has 1 aromatic carbocycles. The standard InChI is InChI=1S/C13H10F2N2OS/c14-10-3-8(5-17-6-10)7-18-12-2-1-9(13(16)19)4-11(12)15/h1-6H,7H2,(H2,16,19). The summed E-state index contributed by atoms with van der Waals surface area (Å²) >= 11 is 4.74. The maximum Gasteiger partial charge on any atom is 0.165 e. The summed E-state index contributed by atoms with van der Waals surface area (Å²) in [6.45, 7) is 0.0219. The van der Waals surface area contributed by atoms with Crippen LogP contribution in [0.1, 0.15) is 11.1 Å². The van der Waals surface area contributed by atoms with Crippen molar-refractivity contribution in [2.45, 2.75) is 6.61 Å². The van der Waals surface area contributed by atoms with Crippen LogP contribution >= 0.6 is 12.2 Å². The van der Waals surface area contributed by atoms with E-state index in [-0.39, 0.29) is 17.3 Å². The zero-order valence-corrected chi connectivity index (χ0v) is 10.6. The summed E-state index contributed by atoms with van der Waals surface area (Å²) in [7, 11) is 0. The lowest BCUT2D eigenvalue weighted by Crippen LogP contribution is -2.09. The molecule has 2 rings (SSSR count). The van der Waals surface area contributed by atoms with E-state index in [0.29, 0.717) is 11.1 Å². The van der Waals surface area contributed by atoms with Crippen LogP contribution in [0.2, 0.25) is 0 Å². The van der Waals surface area contributed by atoms with Crippen molar-refractivity contribution in [2.24, 2.45) is 5.73 Å². The van der Waals surface area contributed by atoms with Gasteiger partial charge < -0.3 is 10.5 Å². The maximum absolute atomic E-state index is 13.7. The van der Waals surface area contributed by atoms with Gasteiger partial charge in [-0.05, 0) is 24.3 Å². The maximum atomic E-state index is 13.7. The van der Waals surface area contributed by atoms with Crippen LogP contribution in [0.25, 0.3) is 0 Å². The molecule has 6 heteroatoms. The second-order valence-corrected chi connectivity index (χ2v) is 4.25. The Morgan fingerprint density at radius 2 is 2.05 bits per heavy atom. The van der Waals surface area contributed by atoms with Crippen molar-refractivity contribution in [1.29, 1.82) is 0 Å². The zero-order valence-electron chi connectivity index (χ0n) is 9.77. The van der Waals surface area contributed by atoms with Crippen LogP contribution < -0.4 is 10.5 Å². The Labute approximate surface area is 114 Å². The summed E-state index contributed by atoms with van der Waals surface area (Å²) in [6, 6.07) is 5.46. The van der Waals surface area contributed by atoms with Crippen LogP contribution in [0.4, 0.5) is 8.78 Å². The highest BCUT2D eigenvalue weighted by molar-refractivity contribution is 7.80. The lowest BCUT2D eigenvalue weighted by molar-refractivity contribution is 0.289. The summed E-state index contributed by atoms with van der Waals surface area (Å²) < 4.78 is 31.8. The molecular formula is C13H10F2N2OS. The van der Waals surface area contributed by atoms with Gasteiger partial charge in [0, 0.05) is 17.3 Å². The molecule has 2 aromatic rings. The lowest BCUT2D eigenvalue weighted by Gasteiger charge is -2.08. The summed E-state index contributed by atoms with van der Waals surface area (Å²) in [5.41, 5.74) is 6.32. The molecule has 0 fully saturated rings. The highest BCUT2D eigenvalue weighted by Gasteiger charge is 2.07. The zero-order chi connectivity index (χ0) is 13.8. The van der Waals surface area contributed by atoms with E-state index in [2.05, 4.69) is 4.98 Å². The number of benzene rings is 1. The fourth-order valence-electron chi connectivity index (χ4n) is 1.47. The van der Waals surface area contributed by atoms with E-state index in [9.17, 15) is 8.78 Å². The number of nitrogens with zero attached hydrogens (tertiary/aromatic N) is 1. The highest BCUT2D eigenvalue weighted by atomic mass is 32.1. The van der Waals surface area contributed by atoms with Gasteiger partial charge in [0.2, 0.25) is 0 Å². The summed E-state index contributed by atoms with van der Waals surface area (Å²) in [4.78, 5) is 3.78. The topological polar surface area (TPSA) is 48.1 Å². The van der Waals surface area contributed by atoms with Gasteiger partial charge in [0.05, 0.1) is 6.20 Å². The third-order valence-electron chi connectivity index (χ3n) is 2.37. The van der Waals surface area contributed by atoms with Gasteiger partial charge in [0.1, 0.15) is 17.4 Å². The first-order valence-electron chi connectivity index (χ1n) is 5.38. The Kier molecular flexibility index (Phi) is 4.01. The number of nitrogens with two attached hydrogens (primary N) is 1. The van der Waals surface area contributed by atoms with Crippen molar-refractivity contribution in [1.82, 2.24) is 4.98 Å². The van der Waals surface area contributed by atoms with E-state index in [4.69, 9.17) is 22.7 Å². The molecule has 0 amide bonds. The van der Waals surface area contributed by atoms with Crippen molar-refractivity contribution < 1.29 is 13.5 Å². The number of thiocarbonyl (C=S) groups is 1. The summed E-state index contributed by atoms with van der Waals surface area (Å²) in [5.74, 6) is -0.996. The fourth-order valence-corrected chi connectivity index (χ4v) is 1.59. The first kappa shape index (κ1) is 13.4. The number of hydrogen-bond acceptors (Lipinski definition) is 3. The minimum absolute atomic E-state index is 0.0219. The van der Waals surface area contributed by atoms with Crippen LogP contribution in [0, 0.1) is 11.6 Å². The Morgan fingerprint density at radius 3 is 2.68 bits per heavy atom. The number of aromatic nitrogens is 1. The van der Waals surface area contributed by atoms with Gasteiger partial charge in [0.25, 0.3) is 0 Å².